The Morgan fingerprint density at radius 2 is 0.614 bits per heavy atom. The summed E-state index contributed by atoms with van der Waals surface area (Å²) in [5, 5.41) is 4.91. The lowest BCUT2D eigenvalue weighted by Gasteiger charge is -2.29. The molecule has 292 valence electrons. The first-order valence-corrected chi connectivity index (χ1v) is 21.8. The number of fused-ring (bicyclic) bond motifs is 9. The molecule has 5 heteroatoms. The first-order valence-electron chi connectivity index (χ1n) is 20.3. The number of rotatable bonds is 2. The molecule has 0 saturated heterocycles. The van der Waals surface area contributed by atoms with Crippen molar-refractivity contribution in [3.63, 3.8) is 0 Å². The van der Waals surface area contributed by atoms with Gasteiger partial charge < -0.3 is 9.13 Å². The largest absolute Gasteiger partial charge is 0.309 e. The van der Waals surface area contributed by atoms with E-state index in [0.717, 1.165) is 44.6 Å². The topological polar surface area (TPSA) is 50.3 Å². The van der Waals surface area contributed by atoms with E-state index >= 15 is 0 Å². The molecule has 0 amide bonds. The lowest BCUT2D eigenvalue weighted by molar-refractivity contribution is 0.490. The summed E-state index contributed by atoms with van der Waals surface area (Å²) in [7, 11) is -3.21. The van der Waals surface area contributed by atoms with Gasteiger partial charge in [-0.1, -0.05) is 107 Å². The molecule has 0 radical (unpaired) electrons. The van der Waals surface area contributed by atoms with E-state index in [1.165, 1.54) is 43.8 Å². The first kappa shape index (κ1) is 37.7. The zero-order valence-electron chi connectivity index (χ0n) is 35.6. The highest BCUT2D eigenvalue weighted by Gasteiger charge is 2.35. The van der Waals surface area contributed by atoms with Gasteiger partial charge in [-0.05, 0) is 129 Å². The highest BCUT2D eigenvalue weighted by molar-refractivity contribution is 8.24. The second-order valence-corrected chi connectivity index (χ2v) is 22.5. The first-order chi connectivity index (χ1) is 26.5. The third kappa shape index (κ3) is 5.88. The molecule has 0 atom stereocenters. The third-order valence-corrected chi connectivity index (χ3v) is 14.3. The maximum absolute atomic E-state index is 11.9. The van der Waals surface area contributed by atoms with E-state index in [4.69, 9.17) is 0 Å². The summed E-state index contributed by atoms with van der Waals surface area (Å²) in [6.45, 7) is 27.2. The minimum absolute atomic E-state index is 0.00767. The third-order valence-electron chi connectivity index (χ3n) is 12.3. The van der Waals surface area contributed by atoms with E-state index < -0.39 is 10.6 Å². The van der Waals surface area contributed by atoms with Crippen molar-refractivity contribution in [3.05, 3.63) is 131 Å². The van der Waals surface area contributed by atoms with Crippen molar-refractivity contribution in [2.45, 2.75) is 115 Å². The van der Waals surface area contributed by atoms with Crippen molar-refractivity contribution in [3.8, 4) is 22.5 Å². The van der Waals surface area contributed by atoms with Crippen molar-refractivity contribution < 1.29 is 9.11 Å². The van der Waals surface area contributed by atoms with Crippen LogP contribution >= 0.6 is 10.6 Å². The van der Waals surface area contributed by atoms with Gasteiger partial charge in [0.2, 0.25) is 0 Å². The van der Waals surface area contributed by atoms with Crippen molar-refractivity contribution in [2.75, 3.05) is 0 Å². The molecule has 9 rings (SSSR count). The Labute approximate surface area is 339 Å². The molecule has 2 N–H and O–H groups in total. The number of hydrogen-bond acceptors (Lipinski definition) is 2. The molecule has 0 fully saturated rings. The minimum atomic E-state index is -3.21. The highest BCUT2D eigenvalue weighted by atomic mass is 32.3. The van der Waals surface area contributed by atoms with Crippen molar-refractivity contribution in [1.82, 2.24) is 9.13 Å². The maximum Gasteiger partial charge on any atom is 0.0717 e. The Bertz CT molecular complexity index is 2620. The van der Waals surface area contributed by atoms with Crippen LogP contribution in [-0.2, 0) is 21.7 Å². The summed E-state index contributed by atoms with van der Waals surface area (Å²) in [6.07, 6.45) is 0. The van der Waals surface area contributed by atoms with Crippen LogP contribution in [0.1, 0.15) is 105 Å². The van der Waals surface area contributed by atoms with Crippen LogP contribution < -0.4 is 0 Å². The van der Waals surface area contributed by atoms with Gasteiger partial charge in [0.1, 0.15) is 0 Å². The predicted molar refractivity (Wildman–Crippen MR) is 245 cm³/mol. The van der Waals surface area contributed by atoms with E-state index in [9.17, 15) is 9.11 Å². The van der Waals surface area contributed by atoms with Gasteiger partial charge in [0.05, 0.1) is 31.9 Å². The second kappa shape index (κ2) is 12.1. The quantitative estimate of drug-likeness (QED) is 0.184. The molecule has 6 aromatic carbocycles. The fourth-order valence-electron chi connectivity index (χ4n) is 8.82. The fraction of sp³-hybridized carbons (Fsp3) is 0.308. The number of benzene rings is 6. The Morgan fingerprint density at radius 1 is 0.351 bits per heavy atom. The summed E-state index contributed by atoms with van der Waals surface area (Å²) in [4.78, 5) is 1.16. The molecule has 0 unspecified atom stereocenters. The van der Waals surface area contributed by atoms with Gasteiger partial charge in [0.25, 0.3) is 0 Å². The van der Waals surface area contributed by atoms with Gasteiger partial charge in [-0.15, -0.1) is 10.6 Å². The zero-order valence-corrected chi connectivity index (χ0v) is 36.4. The zero-order chi connectivity index (χ0) is 40.8. The van der Waals surface area contributed by atoms with Crippen molar-refractivity contribution in [1.29, 1.82) is 0 Å². The SMILES string of the molecule is CC(C)(C)c1ccc2c(c1)c1cc(C(C)(C)C)ccc1n2-c1ccc2c(c1)-c1cc(-n3c4ccc(C(C)(C)C)cc4c4cc(C(C)(C)C)ccc43)ccc1S2(O)O. The standard InChI is InChI=1S/C52H56N2O2S/c1-49(2,3)31-13-19-43-37(25-31)38-26-32(50(4,5)6)14-20-44(38)53(43)35-17-23-47-41(29-35)42-30-36(18-24-48(42)57(47,55)56)54-45-21-15-33(51(7,8)9)27-39(45)40-28-34(52(10,11)12)16-22-46(40)54/h13-30,55-56H,1-12H3. The molecule has 4 nitrogen and oxygen atoms in total. The van der Waals surface area contributed by atoms with Crippen LogP contribution in [0.15, 0.2) is 119 Å². The molecule has 1 aliphatic heterocycles. The molecule has 3 heterocycles. The summed E-state index contributed by atoms with van der Waals surface area (Å²) in [5.41, 5.74) is 13.5. The van der Waals surface area contributed by atoms with E-state index in [1.807, 2.05) is 12.1 Å². The molecule has 57 heavy (non-hydrogen) atoms. The Morgan fingerprint density at radius 3 is 0.860 bits per heavy atom. The van der Waals surface area contributed by atoms with Crippen LogP contribution in [0.2, 0.25) is 0 Å². The number of nitrogens with zero attached hydrogens (tertiary/aromatic N) is 2. The average molecular weight is 773 g/mol. The molecule has 0 bridgehead atoms. The minimum Gasteiger partial charge on any atom is -0.309 e. The molecule has 8 aromatic rings. The molecule has 2 aromatic heterocycles. The lowest BCUT2D eigenvalue weighted by Crippen LogP contribution is -2.10. The Hall–Kier alpha value is -4.81. The highest BCUT2D eigenvalue weighted by Crippen LogP contribution is 2.67. The van der Waals surface area contributed by atoms with Gasteiger partial charge >= 0.3 is 0 Å². The van der Waals surface area contributed by atoms with Crippen LogP contribution in [0, 0.1) is 0 Å². The molecular weight excluding hydrogens is 717 g/mol. The molecule has 0 spiro atoms. The summed E-state index contributed by atoms with van der Waals surface area (Å²) < 4.78 is 28.5. The smallest absolute Gasteiger partial charge is 0.0717 e. The lowest BCUT2D eigenvalue weighted by atomic mass is 9.85. The maximum atomic E-state index is 11.9. The van der Waals surface area contributed by atoms with Gasteiger partial charge in [-0.25, -0.2) is 0 Å². The molecule has 0 saturated carbocycles. The number of hydrogen-bond donors (Lipinski definition) is 2. The average Bonchev–Trinajstić information content (AvgIpc) is 3.71. The van der Waals surface area contributed by atoms with E-state index in [1.54, 1.807) is 0 Å². The number of aromatic nitrogens is 2. The van der Waals surface area contributed by atoms with Gasteiger partial charge in [-0.3, -0.25) is 9.11 Å². The van der Waals surface area contributed by atoms with Gasteiger partial charge in [-0.2, -0.15) is 0 Å². The van der Waals surface area contributed by atoms with Crippen molar-refractivity contribution in [2.24, 2.45) is 0 Å². The second-order valence-electron chi connectivity index (χ2n) is 20.5. The van der Waals surface area contributed by atoms with E-state index in [-0.39, 0.29) is 21.7 Å². The summed E-state index contributed by atoms with van der Waals surface area (Å²) >= 11 is 0. The monoisotopic (exact) mass is 772 g/mol. The van der Waals surface area contributed by atoms with Crippen molar-refractivity contribution >= 4 is 54.2 Å². The normalized spacial score (nSPS) is 15.2. The van der Waals surface area contributed by atoms with Crippen LogP contribution in [0.3, 0.4) is 0 Å². The summed E-state index contributed by atoms with van der Waals surface area (Å²) in [5.74, 6) is 0. The summed E-state index contributed by atoms with van der Waals surface area (Å²) in [6, 6.07) is 39.9. The Balaban J connectivity index is 1.27. The van der Waals surface area contributed by atoms with Crippen LogP contribution in [0.25, 0.3) is 66.1 Å². The van der Waals surface area contributed by atoms with E-state index in [0.29, 0.717) is 9.79 Å². The van der Waals surface area contributed by atoms with Crippen LogP contribution in [-0.4, -0.2) is 18.2 Å². The van der Waals surface area contributed by atoms with E-state index in [2.05, 4.69) is 189 Å². The fourth-order valence-corrected chi connectivity index (χ4v) is 10.5. The Kier molecular flexibility index (Phi) is 8.02. The molecule has 0 aliphatic carbocycles. The predicted octanol–water partition coefficient (Wildman–Crippen LogP) is 15.2. The van der Waals surface area contributed by atoms with Gasteiger partial charge in [0.15, 0.2) is 0 Å². The molecule has 1 aliphatic rings. The van der Waals surface area contributed by atoms with Gasteiger partial charge in [0, 0.05) is 44.0 Å². The van der Waals surface area contributed by atoms with Crippen LogP contribution in [0.5, 0.6) is 0 Å². The molecular formula is C52H56N2O2S. The van der Waals surface area contributed by atoms with Crippen LogP contribution in [0.4, 0.5) is 0 Å².